The maximum absolute atomic E-state index is 11.7. The number of aromatic nitrogens is 4. The van der Waals surface area contributed by atoms with Crippen LogP contribution in [0.25, 0.3) is 11.2 Å². The maximum atomic E-state index is 11.7. The second-order valence-corrected chi connectivity index (χ2v) is 6.55. The van der Waals surface area contributed by atoms with Crippen LogP contribution in [0.4, 0.5) is 0 Å². The van der Waals surface area contributed by atoms with Gasteiger partial charge >= 0.3 is 13.5 Å². The number of hydrogen-bond donors (Lipinski definition) is 4. The van der Waals surface area contributed by atoms with Crippen LogP contribution in [-0.4, -0.2) is 54.4 Å². The summed E-state index contributed by atoms with van der Waals surface area (Å²) in [5, 5.41) is 10.3. The molecule has 2 aliphatic heterocycles. The molecule has 23 heavy (non-hydrogen) atoms. The van der Waals surface area contributed by atoms with Crippen molar-refractivity contribution < 1.29 is 28.3 Å². The first-order chi connectivity index (χ1) is 10.9. The zero-order chi connectivity index (χ0) is 16.4. The SMILES string of the molecule is O=c1[nH]c(=O)c2ncn(C3OC4COP(=O)(O)OC4C3O)c2[nH]1. The summed E-state index contributed by atoms with van der Waals surface area (Å²) in [7, 11) is -4.24. The lowest BCUT2D eigenvalue weighted by Crippen LogP contribution is -2.39. The Morgan fingerprint density at radius 2 is 2.17 bits per heavy atom. The third kappa shape index (κ3) is 2.27. The molecule has 13 heteroatoms. The lowest BCUT2D eigenvalue weighted by Gasteiger charge is -2.27. The average Bonchev–Trinajstić information content (AvgIpc) is 3.00. The number of aliphatic hydroxyl groups is 1. The standard InChI is InChI=1S/C10H11N4O8P/c15-5-6-3(1-20-23(18,19)22-6)21-9(5)14-2-11-4-7(14)12-10(17)13-8(4)16/h2-3,5-6,9,15H,1H2,(H,18,19)(H2,12,13,16,17). The van der Waals surface area contributed by atoms with E-state index in [9.17, 15) is 24.2 Å². The Labute approximate surface area is 126 Å². The van der Waals surface area contributed by atoms with E-state index in [2.05, 4.69) is 14.5 Å². The minimum absolute atomic E-state index is 0.0414. The van der Waals surface area contributed by atoms with Gasteiger partial charge in [-0.2, -0.15) is 0 Å². The highest BCUT2D eigenvalue weighted by Crippen LogP contribution is 2.52. The second-order valence-electron chi connectivity index (χ2n) is 5.15. The van der Waals surface area contributed by atoms with E-state index < -0.39 is 43.6 Å². The van der Waals surface area contributed by atoms with Crippen LogP contribution in [0.5, 0.6) is 0 Å². The maximum Gasteiger partial charge on any atom is 0.472 e. The first kappa shape index (κ1) is 14.8. The van der Waals surface area contributed by atoms with E-state index in [4.69, 9.17) is 9.26 Å². The van der Waals surface area contributed by atoms with E-state index >= 15 is 0 Å². The number of aliphatic hydroxyl groups excluding tert-OH is 1. The van der Waals surface area contributed by atoms with Crippen LogP contribution in [0, 0.1) is 0 Å². The molecule has 0 aromatic carbocycles. The Morgan fingerprint density at radius 1 is 1.39 bits per heavy atom. The minimum atomic E-state index is -4.24. The Morgan fingerprint density at radius 3 is 2.96 bits per heavy atom. The minimum Gasteiger partial charge on any atom is -0.386 e. The fraction of sp³-hybridized carbons (Fsp3) is 0.500. The summed E-state index contributed by atoms with van der Waals surface area (Å²) in [6, 6.07) is 0. The van der Waals surface area contributed by atoms with Gasteiger partial charge in [-0.1, -0.05) is 0 Å². The van der Waals surface area contributed by atoms with E-state index in [1.54, 1.807) is 0 Å². The number of nitrogens with zero attached hydrogens (tertiary/aromatic N) is 2. The molecule has 4 N–H and O–H groups in total. The van der Waals surface area contributed by atoms with Crippen molar-refractivity contribution >= 4 is 19.0 Å². The van der Waals surface area contributed by atoms with Gasteiger partial charge < -0.3 is 14.7 Å². The summed E-state index contributed by atoms with van der Waals surface area (Å²) in [6.07, 6.45) is -3.06. The van der Waals surface area contributed by atoms with Crippen molar-refractivity contribution in [3.8, 4) is 0 Å². The molecule has 0 aliphatic carbocycles. The molecule has 0 spiro atoms. The summed E-state index contributed by atoms with van der Waals surface area (Å²) < 4.78 is 27.7. The molecule has 2 aromatic rings. The molecule has 2 aromatic heterocycles. The number of rotatable bonds is 1. The summed E-state index contributed by atoms with van der Waals surface area (Å²) in [5.41, 5.74) is -1.42. The Hall–Kier alpha value is -1.82. The largest absolute Gasteiger partial charge is 0.472 e. The number of H-pyrrole nitrogens is 2. The number of aromatic amines is 2. The highest BCUT2D eigenvalue weighted by atomic mass is 31.2. The Bertz CT molecular complexity index is 933. The molecule has 0 amide bonds. The van der Waals surface area contributed by atoms with Gasteiger partial charge in [0.2, 0.25) is 0 Å². The Kier molecular flexibility index (Phi) is 3.10. The molecule has 124 valence electrons. The first-order valence-electron chi connectivity index (χ1n) is 6.54. The number of hydrogen-bond acceptors (Lipinski definition) is 8. The smallest absolute Gasteiger partial charge is 0.386 e. The molecule has 4 rings (SSSR count). The van der Waals surface area contributed by atoms with Crippen molar-refractivity contribution in [2.45, 2.75) is 24.5 Å². The highest BCUT2D eigenvalue weighted by molar-refractivity contribution is 7.47. The van der Waals surface area contributed by atoms with E-state index in [-0.39, 0.29) is 17.8 Å². The van der Waals surface area contributed by atoms with Crippen molar-refractivity contribution in [1.29, 1.82) is 0 Å². The number of ether oxygens (including phenoxy) is 1. The van der Waals surface area contributed by atoms with Gasteiger partial charge in [0.25, 0.3) is 5.56 Å². The summed E-state index contributed by atoms with van der Waals surface area (Å²) in [6.45, 7) is -0.240. The van der Waals surface area contributed by atoms with Crippen molar-refractivity contribution in [2.75, 3.05) is 6.61 Å². The second kappa shape index (κ2) is 4.84. The first-order valence-corrected chi connectivity index (χ1v) is 8.04. The van der Waals surface area contributed by atoms with Gasteiger partial charge in [-0.25, -0.2) is 14.3 Å². The van der Waals surface area contributed by atoms with Gasteiger partial charge in [-0.05, 0) is 0 Å². The quantitative estimate of drug-likeness (QED) is 0.435. The van der Waals surface area contributed by atoms with Gasteiger partial charge in [0.15, 0.2) is 11.7 Å². The van der Waals surface area contributed by atoms with Gasteiger partial charge in [-0.3, -0.25) is 28.4 Å². The summed E-state index contributed by atoms with van der Waals surface area (Å²) in [5.74, 6) is 0. The number of phosphoric acid groups is 1. The van der Waals surface area contributed by atoms with Gasteiger partial charge in [-0.15, -0.1) is 0 Å². The van der Waals surface area contributed by atoms with Crippen molar-refractivity contribution in [3.63, 3.8) is 0 Å². The van der Waals surface area contributed by atoms with Crippen LogP contribution < -0.4 is 11.2 Å². The van der Waals surface area contributed by atoms with Crippen LogP contribution in [0.15, 0.2) is 15.9 Å². The van der Waals surface area contributed by atoms with E-state index in [1.165, 1.54) is 10.9 Å². The van der Waals surface area contributed by atoms with Crippen LogP contribution in [0.3, 0.4) is 0 Å². The molecule has 12 nitrogen and oxygen atoms in total. The predicted octanol–water partition coefficient (Wildman–Crippen LogP) is -1.81. The zero-order valence-corrected chi connectivity index (χ0v) is 12.2. The van der Waals surface area contributed by atoms with Crippen LogP contribution in [0.1, 0.15) is 6.23 Å². The molecule has 4 heterocycles. The van der Waals surface area contributed by atoms with Crippen molar-refractivity contribution in [3.05, 3.63) is 27.2 Å². The Balaban J connectivity index is 1.76. The zero-order valence-electron chi connectivity index (χ0n) is 11.3. The number of phosphoric ester groups is 1. The van der Waals surface area contributed by atoms with Gasteiger partial charge in [0, 0.05) is 0 Å². The van der Waals surface area contributed by atoms with Crippen LogP contribution >= 0.6 is 7.82 Å². The molecule has 5 atom stereocenters. The summed E-state index contributed by atoms with van der Waals surface area (Å²) >= 11 is 0. The number of fused-ring (bicyclic) bond motifs is 2. The average molecular weight is 346 g/mol. The lowest BCUT2D eigenvalue weighted by atomic mass is 10.1. The van der Waals surface area contributed by atoms with Gasteiger partial charge in [0.1, 0.15) is 24.0 Å². The molecule has 0 bridgehead atoms. The number of imidazole rings is 1. The summed E-state index contributed by atoms with van der Waals surface area (Å²) in [4.78, 5) is 40.7. The molecular formula is C10H11N4O8P. The monoisotopic (exact) mass is 346 g/mol. The van der Waals surface area contributed by atoms with E-state index in [0.29, 0.717) is 0 Å². The molecule has 2 fully saturated rings. The molecule has 0 saturated carbocycles. The third-order valence-electron chi connectivity index (χ3n) is 3.71. The fourth-order valence-electron chi connectivity index (χ4n) is 2.71. The van der Waals surface area contributed by atoms with E-state index in [0.717, 1.165) is 0 Å². The topological polar surface area (TPSA) is 169 Å². The van der Waals surface area contributed by atoms with Crippen LogP contribution in [-0.2, 0) is 18.3 Å². The normalized spacial score (nSPS) is 37.1. The molecule has 2 aliphatic rings. The van der Waals surface area contributed by atoms with Gasteiger partial charge in [0.05, 0.1) is 12.9 Å². The molecule has 5 unspecified atom stereocenters. The van der Waals surface area contributed by atoms with E-state index in [1.807, 2.05) is 4.98 Å². The highest BCUT2D eigenvalue weighted by Gasteiger charge is 2.52. The lowest BCUT2D eigenvalue weighted by molar-refractivity contribution is -0.0664. The molecule has 0 radical (unpaired) electrons. The van der Waals surface area contributed by atoms with Crippen molar-refractivity contribution in [2.24, 2.45) is 0 Å². The number of nitrogens with one attached hydrogen (secondary N) is 2. The van der Waals surface area contributed by atoms with Crippen molar-refractivity contribution in [1.82, 2.24) is 19.5 Å². The predicted molar refractivity (Wildman–Crippen MR) is 71.5 cm³/mol. The molecule has 2 saturated heterocycles. The fourth-order valence-corrected chi connectivity index (χ4v) is 3.67. The third-order valence-corrected chi connectivity index (χ3v) is 4.69. The van der Waals surface area contributed by atoms with Crippen LogP contribution in [0.2, 0.25) is 0 Å². The molecular weight excluding hydrogens is 335 g/mol.